The van der Waals surface area contributed by atoms with E-state index in [4.69, 9.17) is 0 Å². The number of anilines is 2. The molecule has 0 radical (unpaired) electrons. The molecule has 2 aromatic carbocycles. The molecule has 0 amide bonds. The lowest BCUT2D eigenvalue weighted by atomic mass is 10.0. The maximum absolute atomic E-state index is 15.3. The summed E-state index contributed by atoms with van der Waals surface area (Å²) in [6, 6.07) is 9.61. The van der Waals surface area contributed by atoms with E-state index in [0.29, 0.717) is 32.5 Å². The van der Waals surface area contributed by atoms with Crippen LogP contribution in [0.4, 0.5) is 24.7 Å². The number of sulfone groups is 1. The van der Waals surface area contributed by atoms with Crippen LogP contribution in [-0.4, -0.2) is 57.1 Å². The molecule has 2 fully saturated rings. The van der Waals surface area contributed by atoms with E-state index in [-0.39, 0.29) is 32.6 Å². The fraction of sp³-hybridized carbons (Fsp3) is 0.321. The molecule has 3 aromatic rings. The number of rotatable bonds is 8. The number of sulfonamides is 1. The molecule has 1 spiro atoms. The number of hydrogen-bond acceptors (Lipinski definition) is 7. The molecule has 1 aliphatic heterocycles. The summed E-state index contributed by atoms with van der Waals surface area (Å²) in [6.07, 6.45) is 2.39. The molecule has 2 aliphatic rings. The second-order valence-corrected chi connectivity index (χ2v) is 14.7. The van der Waals surface area contributed by atoms with Crippen LogP contribution in [0.5, 0.6) is 0 Å². The van der Waals surface area contributed by atoms with Gasteiger partial charge in [0.25, 0.3) is 10.0 Å². The van der Waals surface area contributed by atoms with Crippen molar-refractivity contribution in [2.24, 2.45) is 0 Å². The molecule has 8 nitrogen and oxygen atoms in total. The molecule has 13 heteroatoms. The number of halogens is 3. The number of aromatic nitrogens is 1. The highest BCUT2D eigenvalue weighted by Gasteiger charge is 2.52. The highest BCUT2D eigenvalue weighted by atomic mass is 32.2. The van der Waals surface area contributed by atoms with E-state index in [1.54, 1.807) is 4.90 Å². The largest absolute Gasteiger partial charge is 0.362 e. The number of piperazine rings is 1. The van der Waals surface area contributed by atoms with Crippen LogP contribution >= 0.6 is 0 Å². The molecule has 1 saturated heterocycles. The smallest absolute Gasteiger partial charge is 0.261 e. The Morgan fingerprint density at radius 3 is 2.24 bits per heavy atom. The SMILES string of the molecule is C=C(c1c(F)cccc1NS(=O)(=O)c1ccc(S(=O)(=O)C(C)C)cc1)N1CCN(c2ncc(F)cc2F)CC12CC2. The average molecular weight is 607 g/mol. The van der Waals surface area contributed by atoms with Gasteiger partial charge in [0.1, 0.15) is 11.6 Å². The standard InChI is InChI=1S/C28H29F3N4O4S2/c1-18(2)40(36,37)21-7-9-22(10-8-21)41(38,39)33-25-6-4-5-23(30)26(25)19(3)35-14-13-34(17-28(35)11-12-28)27-24(31)15-20(29)16-32-27/h4-10,15-16,18,33H,3,11-14,17H2,1-2H3. The first kappa shape index (κ1) is 28.9. The number of pyridine rings is 1. The summed E-state index contributed by atoms with van der Waals surface area (Å²) in [5.41, 5.74) is -0.281. The van der Waals surface area contributed by atoms with Crippen molar-refractivity contribution in [3.05, 3.63) is 84.3 Å². The minimum atomic E-state index is -4.23. The highest BCUT2D eigenvalue weighted by Crippen LogP contribution is 2.49. The first-order valence-corrected chi connectivity index (χ1v) is 16.0. The molecule has 1 aliphatic carbocycles. The summed E-state index contributed by atoms with van der Waals surface area (Å²) in [4.78, 5) is 7.35. The average Bonchev–Trinajstić information content (AvgIpc) is 3.67. The van der Waals surface area contributed by atoms with Gasteiger partial charge in [-0.05, 0) is 63.1 Å². The zero-order valence-electron chi connectivity index (χ0n) is 22.4. The van der Waals surface area contributed by atoms with Gasteiger partial charge in [-0.1, -0.05) is 12.6 Å². The third kappa shape index (κ3) is 5.40. The van der Waals surface area contributed by atoms with Gasteiger partial charge in [-0.3, -0.25) is 4.72 Å². The molecule has 0 atom stereocenters. The van der Waals surface area contributed by atoms with Gasteiger partial charge in [0.2, 0.25) is 0 Å². The van der Waals surface area contributed by atoms with Gasteiger partial charge in [-0.2, -0.15) is 0 Å². The van der Waals surface area contributed by atoms with Gasteiger partial charge in [-0.25, -0.2) is 35.0 Å². The molecule has 0 bridgehead atoms. The minimum Gasteiger partial charge on any atom is -0.362 e. The summed E-state index contributed by atoms with van der Waals surface area (Å²) >= 11 is 0. The summed E-state index contributed by atoms with van der Waals surface area (Å²) < 4.78 is 96.9. The van der Waals surface area contributed by atoms with Gasteiger partial charge in [0.15, 0.2) is 21.5 Å². The fourth-order valence-corrected chi connectivity index (χ4v) is 7.25. The van der Waals surface area contributed by atoms with Crippen molar-refractivity contribution >= 4 is 37.1 Å². The first-order chi connectivity index (χ1) is 19.2. The molecule has 218 valence electrons. The zero-order valence-corrected chi connectivity index (χ0v) is 24.1. The van der Waals surface area contributed by atoms with E-state index < -0.39 is 48.1 Å². The summed E-state index contributed by atoms with van der Waals surface area (Å²) in [7, 11) is -7.82. The van der Waals surface area contributed by atoms with Gasteiger partial charge in [0.05, 0.1) is 38.0 Å². The predicted octanol–water partition coefficient (Wildman–Crippen LogP) is 4.81. The van der Waals surface area contributed by atoms with Crippen molar-refractivity contribution in [2.45, 2.75) is 47.3 Å². The number of hydrogen-bond donors (Lipinski definition) is 1. The molecule has 2 heterocycles. The Labute approximate surface area is 237 Å². The van der Waals surface area contributed by atoms with E-state index in [1.807, 2.05) is 4.90 Å². The van der Waals surface area contributed by atoms with Crippen LogP contribution in [0, 0.1) is 17.5 Å². The Bertz CT molecular complexity index is 1730. The lowest BCUT2D eigenvalue weighted by Crippen LogP contribution is -2.54. The molecule has 0 unspecified atom stereocenters. The third-order valence-electron chi connectivity index (χ3n) is 7.52. The van der Waals surface area contributed by atoms with Crippen molar-refractivity contribution in [3.8, 4) is 0 Å². The first-order valence-electron chi connectivity index (χ1n) is 12.9. The molecule has 5 rings (SSSR count). The topological polar surface area (TPSA) is 99.7 Å². The third-order valence-corrected chi connectivity index (χ3v) is 11.1. The van der Waals surface area contributed by atoms with Crippen LogP contribution in [0.15, 0.2) is 71.1 Å². The molecular weight excluding hydrogens is 577 g/mol. The van der Waals surface area contributed by atoms with Crippen molar-refractivity contribution in [2.75, 3.05) is 29.3 Å². The van der Waals surface area contributed by atoms with Crippen LogP contribution < -0.4 is 9.62 Å². The molecular formula is C28H29F3N4O4S2. The quantitative estimate of drug-likeness (QED) is 0.393. The van der Waals surface area contributed by atoms with Crippen LogP contribution in [0.2, 0.25) is 0 Å². The Morgan fingerprint density at radius 1 is 0.976 bits per heavy atom. The Kier molecular flexibility index (Phi) is 7.31. The normalized spacial score (nSPS) is 16.7. The monoisotopic (exact) mass is 606 g/mol. The van der Waals surface area contributed by atoms with Crippen molar-refractivity contribution in [1.29, 1.82) is 0 Å². The van der Waals surface area contributed by atoms with Crippen molar-refractivity contribution < 1.29 is 30.0 Å². The van der Waals surface area contributed by atoms with E-state index in [2.05, 4.69) is 16.3 Å². The highest BCUT2D eigenvalue weighted by molar-refractivity contribution is 7.93. The van der Waals surface area contributed by atoms with Crippen LogP contribution in [-0.2, 0) is 19.9 Å². The van der Waals surface area contributed by atoms with E-state index >= 15 is 4.39 Å². The second-order valence-electron chi connectivity index (χ2n) is 10.5. The molecule has 41 heavy (non-hydrogen) atoms. The lowest BCUT2D eigenvalue weighted by molar-refractivity contribution is 0.243. The lowest BCUT2D eigenvalue weighted by Gasteiger charge is -2.45. The number of nitrogens with zero attached hydrogens (tertiary/aromatic N) is 3. The summed E-state index contributed by atoms with van der Waals surface area (Å²) in [6.45, 7) is 8.16. The van der Waals surface area contributed by atoms with E-state index in [0.717, 1.165) is 12.3 Å². The molecule has 1 saturated carbocycles. The minimum absolute atomic E-state index is 0.00383. The van der Waals surface area contributed by atoms with Crippen LogP contribution in [0.25, 0.3) is 5.70 Å². The Hall–Kier alpha value is -3.58. The molecule has 1 aromatic heterocycles. The van der Waals surface area contributed by atoms with E-state index in [9.17, 15) is 25.6 Å². The second kappa shape index (κ2) is 10.4. The Morgan fingerprint density at radius 2 is 1.63 bits per heavy atom. The Balaban J connectivity index is 1.40. The number of benzene rings is 2. The maximum atomic E-state index is 15.3. The van der Waals surface area contributed by atoms with Gasteiger partial charge in [-0.15, -0.1) is 0 Å². The summed E-state index contributed by atoms with van der Waals surface area (Å²) in [5, 5.41) is -0.674. The maximum Gasteiger partial charge on any atom is 0.261 e. The van der Waals surface area contributed by atoms with Crippen LogP contribution in [0.3, 0.4) is 0 Å². The van der Waals surface area contributed by atoms with Crippen molar-refractivity contribution in [1.82, 2.24) is 9.88 Å². The van der Waals surface area contributed by atoms with E-state index in [1.165, 1.54) is 56.3 Å². The zero-order chi connectivity index (χ0) is 29.7. The fourth-order valence-electron chi connectivity index (χ4n) is 5.11. The van der Waals surface area contributed by atoms with Crippen LogP contribution in [0.1, 0.15) is 32.3 Å². The summed E-state index contributed by atoms with van der Waals surface area (Å²) in [5.74, 6) is -2.19. The van der Waals surface area contributed by atoms with Crippen molar-refractivity contribution in [3.63, 3.8) is 0 Å². The predicted molar refractivity (Wildman–Crippen MR) is 150 cm³/mol. The molecule has 1 N–H and O–H groups in total. The van der Waals surface area contributed by atoms with Gasteiger partial charge >= 0.3 is 0 Å². The van der Waals surface area contributed by atoms with Gasteiger partial charge < -0.3 is 9.80 Å². The number of nitrogens with one attached hydrogen (secondary N) is 1. The van der Waals surface area contributed by atoms with Gasteiger partial charge in [0, 0.05) is 31.4 Å².